The lowest BCUT2D eigenvalue weighted by Crippen LogP contribution is -2.57. The van der Waals surface area contributed by atoms with E-state index < -0.39 is 33.4 Å². The highest BCUT2D eigenvalue weighted by atomic mass is 32.2. The van der Waals surface area contributed by atoms with Crippen molar-refractivity contribution in [2.75, 3.05) is 33.7 Å². The Morgan fingerprint density at radius 3 is 2.11 bits per heavy atom. The van der Waals surface area contributed by atoms with Crippen LogP contribution in [0.5, 0.6) is 0 Å². The van der Waals surface area contributed by atoms with E-state index in [4.69, 9.17) is 0 Å². The van der Waals surface area contributed by atoms with Gasteiger partial charge >= 0.3 is 12.1 Å². The fraction of sp³-hybridized carbons (Fsp3) is 0.500. The van der Waals surface area contributed by atoms with Gasteiger partial charge in [-0.15, -0.1) is 0 Å². The van der Waals surface area contributed by atoms with E-state index in [0.717, 1.165) is 10.6 Å². The molecule has 1 aromatic carbocycles. The molecule has 0 unspecified atom stereocenters. The summed E-state index contributed by atoms with van der Waals surface area (Å²) in [5, 5.41) is 0. The monoisotopic (exact) mass is 522 g/mol. The lowest BCUT2D eigenvalue weighted by molar-refractivity contribution is -0.292. The number of alkyl halides is 5. The zero-order chi connectivity index (χ0) is 25.8. The second-order valence-corrected chi connectivity index (χ2v) is 10.7. The first-order valence-electron chi connectivity index (χ1n) is 10.9. The summed E-state index contributed by atoms with van der Waals surface area (Å²) < 4.78 is 94.5. The molecule has 0 bridgehead atoms. The summed E-state index contributed by atoms with van der Waals surface area (Å²) in [5.41, 5.74) is -1.16. The van der Waals surface area contributed by atoms with Gasteiger partial charge in [0.2, 0.25) is 10.0 Å². The normalized spacial score (nSPS) is 19.1. The van der Waals surface area contributed by atoms with Gasteiger partial charge in [0, 0.05) is 38.9 Å². The molecule has 1 fully saturated rings. The Morgan fingerprint density at radius 1 is 0.971 bits per heavy atom. The third-order valence-corrected chi connectivity index (χ3v) is 8.51. The van der Waals surface area contributed by atoms with Crippen LogP contribution in [0.1, 0.15) is 36.0 Å². The van der Waals surface area contributed by atoms with Crippen molar-refractivity contribution in [2.24, 2.45) is 0 Å². The molecule has 3 heterocycles. The van der Waals surface area contributed by atoms with Gasteiger partial charge in [0.1, 0.15) is 0 Å². The molecule has 2 aliphatic rings. The van der Waals surface area contributed by atoms with Crippen LogP contribution in [0.25, 0.3) is 0 Å². The van der Waals surface area contributed by atoms with Crippen molar-refractivity contribution in [2.45, 2.75) is 41.9 Å². The molecule has 2 aromatic rings. The zero-order valence-electron chi connectivity index (χ0n) is 19.1. The molecule has 35 heavy (non-hydrogen) atoms. The minimum atomic E-state index is -5.70. The van der Waals surface area contributed by atoms with E-state index in [1.54, 1.807) is 11.9 Å². The number of likely N-dealkylation sites (tertiary alicyclic amines) is 1. The van der Waals surface area contributed by atoms with Crippen LogP contribution in [-0.2, 0) is 28.0 Å². The third kappa shape index (κ3) is 4.12. The maximum Gasteiger partial charge on any atom is 0.459 e. The molecule has 1 aromatic heterocycles. The van der Waals surface area contributed by atoms with Gasteiger partial charge < -0.3 is 9.47 Å². The van der Waals surface area contributed by atoms with Crippen LogP contribution >= 0.6 is 0 Å². The molecular weight excluding hydrogens is 495 g/mol. The van der Waals surface area contributed by atoms with Gasteiger partial charge in [-0.3, -0.25) is 9.69 Å². The Labute approximate surface area is 201 Å². The van der Waals surface area contributed by atoms with Gasteiger partial charge in [-0.25, -0.2) is 13.1 Å². The SMILES string of the molecule is CNS(=O)(=O)c1ccc(C(=O)N2CCC3(CC2)c2ccc(C(F)(F)C(F)(F)F)n2CCN3C)cc1.[HH]. The molecule has 1 amide bonds. The van der Waals surface area contributed by atoms with Crippen molar-refractivity contribution in [3.05, 3.63) is 53.3 Å². The molecule has 1 N–H and O–H groups in total. The highest BCUT2D eigenvalue weighted by Gasteiger charge is 2.61. The van der Waals surface area contributed by atoms with Crippen molar-refractivity contribution in [3.63, 3.8) is 0 Å². The fourth-order valence-corrected chi connectivity index (χ4v) is 5.72. The lowest BCUT2D eigenvalue weighted by atomic mass is 9.81. The number of hydrogen-bond acceptors (Lipinski definition) is 4. The minimum absolute atomic E-state index is 0. The van der Waals surface area contributed by atoms with E-state index in [-0.39, 0.29) is 38.4 Å². The average Bonchev–Trinajstić information content (AvgIpc) is 3.27. The molecule has 0 atom stereocenters. The number of nitrogens with zero attached hydrogens (tertiary/aromatic N) is 3. The predicted octanol–water partition coefficient (Wildman–Crippen LogP) is 3.37. The summed E-state index contributed by atoms with van der Waals surface area (Å²) >= 11 is 0. The Bertz CT molecular complexity index is 1220. The largest absolute Gasteiger partial charge is 0.459 e. The molecule has 0 aliphatic carbocycles. The van der Waals surface area contributed by atoms with E-state index >= 15 is 0 Å². The first kappa shape index (κ1) is 25.6. The maximum atomic E-state index is 14.2. The third-order valence-electron chi connectivity index (χ3n) is 7.08. The Hall–Kier alpha value is -2.51. The first-order chi connectivity index (χ1) is 16.2. The standard InChI is InChI=1S/C22H25F5N4O3S.H2/c1-28-35(33,34)16-5-3-15(4-6-16)19(32)30-11-9-20(10-12-30)17-7-8-18(21(23,24)22(25,26)27)31(17)14-13-29(20)2;/h3-8,28H,9-14H2,1-2H3;1H. The van der Waals surface area contributed by atoms with Crippen LogP contribution < -0.4 is 4.72 Å². The Kier molecular flexibility index (Phi) is 6.25. The Morgan fingerprint density at radius 2 is 1.57 bits per heavy atom. The number of carbonyl (C=O) groups is 1. The lowest BCUT2D eigenvalue weighted by Gasteiger charge is -2.50. The molecule has 1 spiro atoms. The summed E-state index contributed by atoms with van der Waals surface area (Å²) in [6, 6.07) is 7.68. The van der Waals surface area contributed by atoms with Crippen LogP contribution in [0, 0.1) is 0 Å². The van der Waals surface area contributed by atoms with E-state index in [1.165, 1.54) is 37.4 Å². The van der Waals surface area contributed by atoms with Gasteiger partial charge in [-0.2, -0.15) is 22.0 Å². The van der Waals surface area contributed by atoms with Crippen molar-refractivity contribution >= 4 is 15.9 Å². The van der Waals surface area contributed by atoms with Gasteiger partial charge in [0.05, 0.1) is 16.1 Å². The molecule has 7 nitrogen and oxygen atoms in total. The second kappa shape index (κ2) is 8.56. The molecular formula is C22H27F5N4O3S. The average molecular weight is 523 g/mol. The number of aromatic nitrogens is 1. The number of nitrogens with one attached hydrogen (secondary N) is 1. The molecule has 13 heteroatoms. The van der Waals surface area contributed by atoms with Crippen LogP contribution in [0.2, 0.25) is 0 Å². The number of amides is 1. The van der Waals surface area contributed by atoms with E-state index in [9.17, 15) is 35.2 Å². The van der Waals surface area contributed by atoms with Crippen molar-refractivity contribution in [3.8, 4) is 0 Å². The number of halogens is 5. The number of carbonyl (C=O) groups excluding carboxylic acids is 1. The summed E-state index contributed by atoms with van der Waals surface area (Å²) in [6.07, 6.45) is -5.00. The van der Waals surface area contributed by atoms with Gasteiger partial charge in [0.15, 0.2) is 0 Å². The van der Waals surface area contributed by atoms with Crippen molar-refractivity contribution in [1.82, 2.24) is 19.1 Å². The Balaban J connectivity index is 0.00000361. The first-order valence-corrected chi connectivity index (χ1v) is 12.4. The van der Waals surface area contributed by atoms with Crippen LogP contribution in [0.15, 0.2) is 41.3 Å². The second-order valence-electron chi connectivity index (χ2n) is 8.80. The molecule has 1 saturated heterocycles. The predicted molar refractivity (Wildman–Crippen MR) is 119 cm³/mol. The summed E-state index contributed by atoms with van der Waals surface area (Å²) in [7, 11) is -0.559. The van der Waals surface area contributed by atoms with Crippen molar-refractivity contribution < 1.29 is 36.6 Å². The van der Waals surface area contributed by atoms with E-state index in [0.29, 0.717) is 24.1 Å². The number of benzene rings is 1. The smallest absolute Gasteiger partial charge is 0.340 e. The molecule has 4 rings (SSSR count). The quantitative estimate of drug-likeness (QED) is 0.625. The number of hydrogen-bond donors (Lipinski definition) is 1. The van der Waals surface area contributed by atoms with Gasteiger partial charge in [-0.05, 0) is 63.3 Å². The van der Waals surface area contributed by atoms with Crippen LogP contribution in [-0.4, -0.2) is 68.6 Å². The summed E-state index contributed by atoms with van der Waals surface area (Å²) in [4.78, 5) is 16.5. The van der Waals surface area contributed by atoms with Crippen molar-refractivity contribution in [1.29, 1.82) is 0 Å². The number of sulfonamides is 1. The van der Waals surface area contributed by atoms with Crippen LogP contribution in [0.4, 0.5) is 22.0 Å². The molecule has 0 radical (unpaired) electrons. The molecule has 0 saturated carbocycles. The van der Waals surface area contributed by atoms with Gasteiger partial charge in [-0.1, -0.05) is 0 Å². The van der Waals surface area contributed by atoms with Gasteiger partial charge in [0.25, 0.3) is 5.91 Å². The zero-order valence-corrected chi connectivity index (χ0v) is 19.9. The molecule has 2 aliphatic heterocycles. The number of piperidine rings is 1. The highest BCUT2D eigenvalue weighted by molar-refractivity contribution is 7.89. The number of likely N-dealkylation sites (N-methyl/N-ethyl adjacent to an activating group) is 1. The number of rotatable bonds is 4. The fourth-order valence-electron chi connectivity index (χ4n) is 4.99. The van der Waals surface area contributed by atoms with Crippen LogP contribution in [0.3, 0.4) is 0 Å². The van der Waals surface area contributed by atoms with E-state index in [2.05, 4.69) is 4.72 Å². The number of fused-ring (bicyclic) bond motifs is 2. The minimum Gasteiger partial charge on any atom is -0.340 e. The highest BCUT2D eigenvalue weighted by Crippen LogP contribution is 2.48. The summed E-state index contributed by atoms with van der Waals surface area (Å²) in [6.45, 7) is 0.815. The van der Waals surface area contributed by atoms with E-state index in [1.807, 2.05) is 4.90 Å². The summed E-state index contributed by atoms with van der Waals surface area (Å²) in [5.74, 6) is -5.28. The molecule has 194 valence electrons. The maximum absolute atomic E-state index is 14.2. The topological polar surface area (TPSA) is 74.6 Å².